The van der Waals surface area contributed by atoms with Crippen molar-refractivity contribution in [1.29, 1.82) is 0 Å². The van der Waals surface area contributed by atoms with Gasteiger partial charge in [-0.1, -0.05) is 35.9 Å². The van der Waals surface area contributed by atoms with E-state index in [1.165, 1.54) is 13.8 Å². The quantitative estimate of drug-likeness (QED) is 0.280. The fourth-order valence-electron chi connectivity index (χ4n) is 3.43. The highest BCUT2D eigenvalue weighted by atomic mass is 35.5. The highest BCUT2D eigenvalue weighted by molar-refractivity contribution is 6.30. The molecule has 35 heavy (non-hydrogen) atoms. The van der Waals surface area contributed by atoms with Gasteiger partial charge in [0.2, 0.25) is 0 Å². The first-order valence-corrected chi connectivity index (χ1v) is 11.7. The number of hydrogen-bond acceptors (Lipinski definition) is 6. The minimum absolute atomic E-state index is 0.442. The fraction of sp³-hybridized carbons (Fsp3) is 0.259. The van der Waals surface area contributed by atoms with E-state index < -0.39 is 11.6 Å². The minimum Gasteiger partial charge on any atom is -0.492 e. The van der Waals surface area contributed by atoms with Crippen molar-refractivity contribution in [2.45, 2.75) is 25.9 Å². The molecule has 0 bridgehead atoms. The molecule has 3 aromatic carbocycles. The monoisotopic (exact) mass is 494 g/mol. The van der Waals surface area contributed by atoms with E-state index in [9.17, 15) is 9.90 Å². The molecule has 1 aromatic heterocycles. The third-order valence-electron chi connectivity index (χ3n) is 5.48. The van der Waals surface area contributed by atoms with Crippen LogP contribution in [-0.4, -0.2) is 41.4 Å². The number of ether oxygens (including phenoxy) is 2. The highest BCUT2D eigenvalue weighted by Gasteiger charge is 2.29. The lowest BCUT2D eigenvalue weighted by atomic mass is 10.1. The summed E-state index contributed by atoms with van der Waals surface area (Å²) < 4.78 is 17.5. The summed E-state index contributed by atoms with van der Waals surface area (Å²) in [5.74, 6) is 0.233. The van der Waals surface area contributed by atoms with Gasteiger partial charge in [-0.15, -0.1) is 0 Å². The number of oxazole rings is 1. The van der Waals surface area contributed by atoms with Gasteiger partial charge in [-0.25, -0.2) is 4.79 Å². The second-order valence-electron chi connectivity index (χ2n) is 8.57. The Morgan fingerprint density at radius 3 is 2.37 bits per heavy atom. The summed E-state index contributed by atoms with van der Waals surface area (Å²) >= 11 is 5.95. The van der Waals surface area contributed by atoms with Crippen LogP contribution >= 0.6 is 11.6 Å². The van der Waals surface area contributed by atoms with Gasteiger partial charge in [-0.2, -0.15) is 4.98 Å². The van der Waals surface area contributed by atoms with E-state index in [-0.39, 0.29) is 0 Å². The zero-order valence-corrected chi connectivity index (χ0v) is 20.4. The van der Waals surface area contributed by atoms with Crippen LogP contribution in [0, 0.1) is 0 Å². The normalized spacial score (nSPS) is 11.4. The van der Waals surface area contributed by atoms with Crippen molar-refractivity contribution in [1.82, 2.24) is 4.98 Å². The van der Waals surface area contributed by atoms with Crippen LogP contribution < -0.4 is 14.4 Å². The smallest absolute Gasteiger partial charge is 0.347 e. The molecule has 0 aliphatic rings. The predicted molar refractivity (Wildman–Crippen MR) is 136 cm³/mol. The Bertz CT molecular complexity index is 1240. The van der Waals surface area contributed by atoms with Gasteiger partial charge in [-0.3, -0.25) is 0 Å². The van der Waals surface area contributed by atoms with Gasteiger partial charge in [0, 0.05) is 11.6 Å². The molecule has 0 aliphatic heterocycles. The van der Waals surface area contributed by atoms with Gasteiger partial charge < -0.3 is 23.9 Å². The average Bonchev–Trinajstić information content (AvgIpc) is 3.27. The van der Waals surface area contributed by atoms with Crippen molar-refractivity contribution in [2.24, 2.45) is 0 Å². The molecule has 1 N–H and O–H groups in total. The molecule has 0 atom stereocenters. The first-order chi connectivity index (χ1) is 16.8. The van der Waals surface area contributed by atoms with Crippen molar-refractivity contribution < 1.29 is 23.8 Å². The van der Waals surface area contributed by atoms with Crippen LogP contribution in [0.3, 0.4) is 0 Å². The van der Waals surface area contributed by atoms with Crippen molar-refractivity contribution >= 4 is 34.7 Å². The molecular weight excluding hydrogens is 468 g/mol. The SMILES string of the molecule is CC(C)(Oc1ccc(CCN(CCOc2ccc(Cl)cc2)c2nc3ccccc3o2)cc1)C(=O)O. The Morgan fingerprint density at radius 2 is 1.69 bits per heavy atom. The molecule has 0 amide bonds. The molecule has 0 unspecified atom stereocenters. The summed E-state index contributed by atoms with van der Waals surface area (Å²) in [5, 5.41) is 9.92. The number of carboxylic acids is 1. The Labute approximate surface area is 208 Å². The molecule has 8 heteroatoms. The number of aromatic nitrogens is 1. The predicted octanol–water partition coefficient (Wildman–Crippen LogP) is 5.85. The molecule has 0 spiro atoms. The first-order valence-electron chi connectivity index (χ1n) is 11.3. The van der Waals surface area contributed by atoms with Crippen molar-refractivity contribution in [3.63, 3.8) is 0 Å². The van der Waals surface area contributed by atoms with E-state index in [0.29, 0.717) is 36.5 Å². The molecule has 4 rings (SSSR count). The standard InChI is InChI=1S/C27H27ClN2O5/c1-27(2,25(31)32)35-22-11-7-19(8-12-22)15-16-30(17-18-33-21-13-9-20(28)10-14-21)26-29-23-5-3-4-6-24(23)34-26/h3-14H,15-18H2,1-2H3,(H,31,32). The van der Waals surface area contributed by atoms with Gasteiger partial charge in [-0.05, 0) is 74.4 Å². The maximum Gasteiger partial charge on any atom is 0.347 e. The summed E-state index contributed by atoms with van der Waals surface area (Å²) in [7, 11) is 0. The number of para-hydroxylation sites is 2. The number of rotatable bonds is 11. The summed E-state index contributed by atoms with van der Waals surface area (Å²) in [5.41, 5.74) is 1.31. The third-order valence-corrected chi connectivity index (χ3v) is 5.73. The van der Waals surface area contributed by atoms with Gasteiger partial charge in [0.05, 0.1) is 6.54 Å². The number of halogens is 1. The number of hydrogen-bond donors (Lipinski definition) is 1. The highest BCUT2D eigenvalue weighted by Crippen LogP contribution is 2.23. The first kappa shape index (κ1) is 24.4. The maximum absolute atomic E-state index is 11.3. The van der Waals surface area contributed by atoms with Crippen LogP contribution in [0.1, 0.15) is 19.4 Å². The molecular formula is C27H27ClN2O5. The van der Waals surface area contributed by atoms with E-state index in [1.807, 2.05) is 53.4 Å². The zero-order chi connectivity index (χ0) is 24.8. The summed E-state index contributed by atoms with van der Waals surface area (Å²) in [6.07, 6.45) is 0.724. The van der Waals surface area contributed by atoms with Crippen LogP contribution in [0.4, 0.5) is 6.01 Å². The lowest BCUT2D eigenvalue weighted by Gasteiger charge is -2.22. The molecule has 4 aromatic rings. The molecule has 0 saturated heterocycles. The number of aliphatic carboxylic acids is 1. The van der Waals surface area contributed by atoms with E-state index in [4.69, 9.17) is 25.5 Å². The van der Waals surface area contributed by atoms with Crippen LogP contribution in [0.5, 0.6) is 11.5 Å². The van der Waals surface area contributed by atoms with Gasteiger partial charge in [0.15, 0.2) is 11.2 Å². The zero-order valence-electron chi connectivity index (χ0n) is 19.6. The Hall–Kier alpha value is -3.71. The second-order valence-corrected chi connectivity index (χ2v) is 9.00. The third kappa shape index (κ3) is 6.45. The molecule has 0 aliphatic carbocycles. The molecule has 7 nitrogen and oxygen atoms in total. The fourth-order valence-corrected chi connectivity index (χ4v) is 3.56. The van der Waals surface area contributed by atoms with Crippen LogP contribution in [0.25, 0.3) is 11.1 Å². The van der Waals surface area contributed by atoms with Crippen molar-refractivity contribution in [2.75, 3.05) is 24.6 Å². The second kappa shape index (κ2) is 10.7. The van der Waals surface area contributed by atoms with Crippen molar-refractivity contribution in [3.8, 4) is 11.5 Å². The summed E-state index contributed by atoms with van der Waals surface area (Å²) in [6.45, 7) is 4.71. The number of fused-ring (bicyclic) bond motifs is 1. The Morgan fingerprint density at radius 1 is 1.00 bits per heavy atom. The number of anilines is 1. The number of carboxylic acid groups (broad SMARTS) is 1. The summed E-state index contributed by atoms with van der Waals surface area (Å²) in [6, 6.07) is 22.9. The van der Waals surface area contributed by atoms with Crippen LogP contribution in [0.2, 0.25) is 5.02 Å². The lowest BCUT2D eigenvalue weighted by Crippen LogP contribution is -2.37. The van der Waals surface area contributed by atoms with E-state index in [1.54, 1.807) is 24.3 Å². The average molecular weight is 495 g/mol. The van der Waals surface area contributed by atoms with E-state index in [0.717, 1.165) is 28.8 Å². The Balaban J connectivity index is 1.42. The van der Waals surface area contributed by atoms with Gasteiger partial charge >= 0.3 is 5.97 Å². The van der Waals surface area contributed by atoms with E-state index in [2.05, 4.69) is 4.98 Å². The molecule has 182 valence electrons. The van der Waals surface area contributed by atoms with Crippen LogP contribution in [0.15, 0.2) is 77.2 Å². The molecule has 0 fully saturated rings. The number of carbonyl (C=O) groups is 1. The van der Waals surface area contributed by atoms with E-state index >= 15 is 0 Å². The topological polar surface area (TPSA) is 85.0 Å². The van der Waals surface area contributed by atoms with Gasteiger partial charge in [0.25, 0.3) is 6.01 Å². The molecule has 1 heterocycles. The van der Waals surface area contributed by atoms with Gasteiger partial charge in [0.1, 0.15) is 23.6 Å². The molecule has 0 saturated carbocycles. The number of benzene rings is 3. The van der Waals surface area contributed by atoms with Crippen LogP contribution in [-0.2, 0) is 11.2 Å². The maximum atomic E-state index is 11.3. The minimum atomic E-state index is -1.30. The summed E-state index contributed by atoms with van der Waals surface area (Å²) in [4.78, 5) is 18.0. The largest absolute Gasteiger partial charge is 0.492 e. The number of nitrogens with zero attached hydrogens (tertiary/aromatic N) is 2. The lowest BCUT2D eigenvalue weighted by molar-refractivity contribution is -0.152. The van der Waals surface area contributed by atoms with Crippen molar-refractivity contribution in [3.05, 3.63) is 83.4 Å². The Kier molecular flexibility index (Phi) is 7.46. The molecule has 0 radical (unpaired) electrons.